The van der Waals surface area contributed by atoms with Gasteiger partial charge in [-0.2, -0.15) is 7.05 Å². The van der Waals surface area contributed by atoms with Gasteiger partial charge in [0.2, 0.25) is 0 Å². The predicted molar refractivity (Wildman–Crippen MR) is 40.8 cm³/mol. The third-order valence-corrected chi connectivity index (χ3v) is 2.19. The Kier molecular flexibility index (Phi) is 3.05. The Hall–Kier alpha value is -0.0400. The van der Waals surface area contributed by atoms with Gasteiger partial charge in [0.15, 0.2) is 0 Å². The summed E-state index contributed by atoms with van der Waals surface area (Å²) in [5, 5.41) is 4.31. The molecular weight excluding hydrogens is 110 g/mol. The SMILES string of the molecule is C[N-]C1CCCCCC1. The lowest BCUT2D eigenvalue weighted by Gasteiger charge is -2.25. The topological polar surface area (TPSA) is 14.1 Å². The number of nitrogens with zero attached hydrogens (tertiary/aromatic N) is 1. The van der Waals surface area contributed by atoms with Crippen LogP contribution in [0.15, 0.2) is 0 Å². The van der Waals surface area contributed by atoms with Gasteiger partial charge in [-0.05, 0) is 0 Å². The highest BCUT2D eigenvalue weighted by Gasteiger charge is 2.01. The third kappa shape index (κ3) is 2.35. The first-order valence-electron chi connectivity index (χ1n) is 4.02. The normalized spacial score (nSPS) is 23.7. The molecule has 1 fully saturated rings. The molecule has 1 saturated carbocycles. The summed E-state index contributed by atoms with van der Waals surface area (Å²) in [5.41, 5.74) is 0. The fourth-order valence-corrected chi connectivity index (χ4v) is 1.52. The van der Waals surface area contributed by atoms with E-state index in [1.165, 1.54) is 38.5 Å². The van der Waals surface area contributed by atoms with Crippen molar-refractivity contribution in [1.29, 1.82) is 0 Å². The van der Waals surface area contributed by atoms with Crippen LogP contribution in [0.5, 0.6) is 0 Å². The highest BCUT2D eigenvalue weighted by Crippen LogP contribution is 2.20. The number of rotatable bonds is 1. The van der Waals surface area contributed by atoms with Gasteiger partial charge >= 0.3 is 0 Å². The summed E-state index contributed by atoms with van der Waals surface area (Å²) in [6.45, 7) is 0. The van der Waals surface area contributed by atoms with Crippen molar-refractivity contribution in [3.8, 4) is 0 Å². The molecule has 0 aromatic heterocycles. The first-order valence-corrected chi connectivity index (χ1v) is 4.02. The van der Waals surface area contributed by atoms with Crippen LogP contribution in [0, 0.1) is 0 Å². The second-order valence-corrected chi connectivity index (χ2v) is 2.90. The van der Waals surface area contributed by atoms with E-state index in [-0.39, 0.29) is 0 Å². The average Bonchev–Trinajstić information content (AvgIpc) is 2.13. The molecule has 0 N–H and O–H groups in total. The second-order valence-electron chi connectivity index (χ2n) is 2.90. The lowest BCUT2D eigenvalue weighted by molar-refractivity contribution is 0.636. The highest BCUT2D eigenvalue weighted by molar-refractivity contribution is 4.86. The van der Waals surface area contributed by atoms with Gasteiger partial charge in [0.25, 0.3) is 0 Å². The van der Waals surface area contributed by atoms with Crippen molar-refractivity contribution in [3.63, 3.8) is 0 Å². The van der Waals surface area contributed by atoms with Crippen LogP contribution in [0.1, 0.15) is 38.5 Å². The molecular formula is C8H16N-. The van der Waals surface area contributed by atoms with Crippen LogP contribution in [-0.2, 0) is 0 Å². The number of hydrogen-bond donors (Lipinski definition) is 0. The lowest BCUT2D eigenvalue weighted by atomic mass is 10.1. The molecule has 0 radical (unpaired) electrons. The van der Waals surface area contributed by atoms with E-state index in [2.05, 4.69) is 5.32 Å². The molecule has 0 atom stereocenters. The molecule has 0 aromatic rings. The van der Waals surface area contributed by atoms with Crippen LogP contribution in [0.4, 0.5) is 0 Å². The molecule has 1 nitrogen and oxygen atoms in total. The first kappa shape index (κ1) is 7.07. The quantitative estimate of drug-likeness (QED) is 0.480. The molecule has 0 unspecified atom stereocenters. The molecule has 0 aliphatic heterocycles. The van der Waals surface area contributed by atoms with Crippen LogP contribution < -0.4 is 0 Å². The Morgan fingerprint density at radius 1 is 1.00 bits per heavy atom. The molecule has 9 heavy (non-hydrogen) atoms. The van der Waals surface area contributed by atoms with Crippen molar-refractivity contribution >= 4 is 0 Å². The van der Waals surface area contributed by atoms with E-state index in [9.17, 15) is 0 Å². The maximum Gasteiger partial charge on any atom is -0.0534 e. The second kappa shape index (κ2) is 3.89. The van der Waals surface area contributed by atoms with Gasteiger partial charge in [0.1, 0.15) is 0 Å². The van der Waals surface area contributed by atoms with E-state index in [1.54, 1.807) is 0 Å². The Morgan fingerprint density at radius 2 is 1.56 bits per heavy atom. The van der Waals surface area contributed by atoms with E-state index < -0.39 is 0 Å². The van der Waals surface area contributed by atoms with E-state index >= 15 is 0 Å². The van der Waals surface area contributed by atoms with E-state index in [4.69, 9.17) is 0 Å². The Bertz CT molecular complexity index is 63.0. The van der Waals surface area contributed by atoms with Crippen molar-refractivity contribution in [2.45, 2.75) is 44.6 Å². The van der Waals surface area contributed by atoms with E-state index in [1.807, 2.05) is 7.05 Å². The van der Waals surface area contributed by atoms with Gasteiger partial charge in [0, 0.05) is 0 Å². The van der Waals surface area contributed by atoms with Crippen molar-refractivity contribution in [2.75, 3.05) is 7.05 Å². The van der Waals surface area contributed by atoms with Crippen LogP contribution in [0.25, 0.3) is 5.32 Å². The van der Waals surface area contributed by atoms with Gasteiger partial charge in [0.05, 0.1) is 0 Å². The smallest absolute Gasteiger partial charge is 0.0534 e. The molecule has 0 amide bonds. The van der Waals surface area contributed by atoms with Crippen molar-refractivity contribution < 1.29 is 0 Å². The van der Waals surface area contributed by atoms with Gasteiger partial charge < -0.3 is 5.32 Å². The fraction of sp³-hybridized carbons (Fsp3) is 1.00. The highest BCUT2D eigenvalue weighted by atomic mass is 14.9. The van der Waals surface area contributed by atoms with Crippen molar-refractivity contribution in [2.24, 2.45) is 0 Å². The summed E-state index contributed by atoms with van der Waals surface area (Å²) in [7, 11) is 1.95. The maximum absolute atomic E-state index is 4.31. The Balaban J connectivity index is 2.18. The molecule has 0 heterocycles. The molecule has 54 valence electrons. The van der Waals surface area contributed by atoms with Crippen LogP contribution in [0.3, 0.4) is 0 Å². The molecule has 1 aliphatic rings. The molecule has 0 bridgehead atoms. The van der Waals surface area contributed by atoms with Crippen LogP contribution in [0.2, 0.25) is 0 Å². The minimum absolute atomic E-state index is 0.701. The largest absolute Gasteiger partial charge is 0.662 e. The van der Waals surface area contributed by atoms with Crippen LogP contribution in [-0.4, -0.2) is 13.1 Å². The zero-order valence-corrected chi connectivity index (χ0v) is 6.27. The minimum atomic E-state index is 0.701. The van der Waals surface area contributed by atoms with Gasteiger partial charge in [-0.15, -0.1) is 6.04 Å². The number of hydrogen-bond acceptors (Lipinski definition) is 0. The summed E-state index contributed by atoms with van der Waals surface area (Å²) in [6.07, 6.45) is 8.37. The zero-order valence-electron chi connectivity index (χ0n) is 6.27. The summed E-state index contributed by atoms with van der Waals surface area (Å²) < 4.78 is 0. The lowest BCUT2D eigenvalue weighted by Crippen LogP contribution is -2.01. The summed E-state index contributed by atoms with van der Waals surface area (Å²) in [5.74, 6) is 0. The monoisotopic (exact) mass is 126 g/mol. The van der Waals surface area contributed by atoms with E-state index in [0.717, 1.165) is 0 Å². The van der Waals surface area contributed by atoms with E-state index in [0.29, 0.717) is 6.04 Å². The minimum Gasteiger partial charge on any atom is -0.662 e. The fourth-order valence-electron chi connectivity index (χ4n) is 1.52. The molecule has 0 spiro atoms. The standard InChI is InChI=1S/C8H16N/c1-9-8-6-4-2-3-5-7-8/h8H,2-7H2,1H3/q-1. The average molecular weight is 126 g/mol. The molecule has 1 heteroatoms. The Morgan fingerprint density at radius 3 is 2.00 bits per heavy atom. The molecule has 0 saturated heterocycles. The zero-order chi connectivity index (χ0) is 6.53. The van der Waals surface area contributed by atoms with Gasteiger partial charge in [-0.25, -0.2) is 0 Å². The first-order chi connectivity index (χ1) is 4.43. The Labute approximate surface area is 57.8 Å². The predicted octanol–water partition coefficient (Wildman–Crippen LogP) is 2.71. The third-order valence-electron chi connectivity index (χ3n) is 2.19. The molecule has 1 rings (SSSR count). The van der Waals surface area contributed by atoms with Crippen molar-refractivity contribution in [3.05, 3.63) is 5.32 Å². The van der Waals surface area contributed by atoms with Crippen molar-refractivity contribution in [1.82, 2.24) is 0 Å². The van der Waals surface area contributed by atoms with Gasteiger partial charge in [-0.3, -0.25) is 0 Å². The maximum atomic E-state index is 4.31. The summed E-state index contributed by atoms with van der Waals surface area (Å²) >= 11 is 0. The molecule has 1 aliphatic carbocycles. The summed E-state index contributed by atoms with van der Waals surface area (Å²) in [4.78, 5) is 0. The molecule has 0 aromatic carbocycles. The summed E-state index contributed by atoms with van der Waals surface area (Å²) in [6, 6.07) is 0.701. The van der Waals surface area contributed by atoms with Gasteiger partial charge in [-0.1, -0.05) is 38.5 Å². The van der Waals surface area contributed by atoms with Crippen LogP contribution >= 0.6 is 0 Å².